The van der Waals surface area contributed by atoms with Crippen LogP contribution >= 0.6 is 15.9 Å². The molecule has 0 amide bonds. The third kappa shape index (κ3) is 4.26. The third-order valence-electron chi connectivity index (χ3n) is 5.26. The van der Waals surface area contributed by atoms with Crippen molar-refractivity contribution in [3.63, 3.8) is 0 Å². The predicted octanol–water partition coefficient (Wildman–Crippen LogP) is 3.94. The van der Waals surface area contributed by atoms with Gasteiger partial charge in [0.2, 0.25) is 0 Å². The summed E-state index contributed by atoms with van der Waals surface area (Å²) in [7, 11) is 2.16. The van der Waals surface area contributed by atoms with E-state index in [-0.39, 0.29) is 5.75 Å². The highest BCUT2D eigenvalue weighted by atomic mass is 79.9. The monoisotopic (exact) mass is 426 g/mol. The topological polar surface area (TPSA) is 61.3 Å². The first-order chi connectivity index (χ1) is 13.1. The van der Waals surface area contributed by atoms with Crippen LogP contribution in [0.5, 0.6) is 5.75 Å². The molecule has 2 aromatic rings. The number of hydrogen-bond acceptors (Lipinski definition) is 5. The summed E-state index contributed by atoms with van der Waals surface area (Å²) >= 11 is 3.09. The van der Waals surface area contributed by atoms with E-state index < -0.39 is 0 Å². The SMILES string of the molecule is CN1CCC[C@@H](Nc2cc(C3CC3)c(-c3ccc(C#CBr)cc3O)nn2)C1. The Morgan fingerprint density at radius 1 is 1.22 bits per heavy atom. The number of aromatic hydroxyl groups is 1. The average Bonchev–Trinajstić information content (AvgIpc) is 3.48. The number of piperidine rings is 1. The molecule has 1 aromatic heterocycles. The lowest BCUT2D eigenvalue weighted by atomic mass is 10.0. The van der Waals surface area contributed by atoms with E-state index in [0.717, 1.165) is 49.4 Å². The number of rotatable bonds is 4. The molecule has 1 saturated carbocycles. The van der Waals surface area contributed by atoms with Crippen molar-refractivity contribution in [2.45, 2.75) is 37.6 Å². The number of phenolic OH excluding ortho intramolecular Hbond substituents is 1. The molecule has 1 saturated heterocycles. The van der Waals surface area contributed by atoms with Crippen LogP contribution in [0.2, 0.25) is 0 Å². The van der Waals surface area contributed by atoms with E-state index in [1.165, 1.54) is 12.0 Å². The number of halogens is 1. The Balaban J connectivity index is 1.63. The number of nitrogens with one attached hydrogen (secondary N) is 1. The average molecular weight is 427 g/mol. The van der Waals surface area contributed by atoms with Gasteiger partial charge in [0.05, 0.1) is 0 Å². The van der Waals surface area contributed by atoms with Crippen LogP contribution in [0.15, 0.2) is 24.3 Å². The summed E-state index contributed by atoms with van der Waals surface area (Å²) in [5.41, 5.74) is 3.42. The van der Waals surface area contributed by atoms with Crippen LogP contribution in [0, 0.1) is 10.8 Å². The number of aromatic nitrogens is 2. The van der Waals surface area contributed by atoms with Gasteiger partial charge >= 0.3 is 0 Å². The van der Waals surface area contributed by atoms with Gasteiger partial charge in [-0.2, -0.15) is 0 Å². The first kappa shape index (κ1) is 18.3. The molecule has 1 aromatic carbocycles. The second-order valence-electron chi connectivity index (χ2n) is 7.50. The van der Waals surface area contributed by atoms with Gasteiger partial charge in [-0.3, -0.25) is 0 Å². The van der Waals surface area contributed by atoms with E-state index in [0.29, 0.717) is 17.5 Å². The van der Waals surface area contributed by atoms with Crippen LogP contribution in [0.1, 0.15) is 42.7 Å². The highest BCUT2D eigenvalue weighted by Crippen LogP contribution is 2.45. The normalized spacial score (nSPS) is 20.0. The Kier molecular flexibility index (Phi) is 5.33. The lowest BCUT2D eigenvalue weighted by Crippen LogP contribution is -2.39. The molecule has 2 aliphatic rings. The summed E-state index contributed by atoms with van der Waals surface area (Å²) in [6.07, 6.45) is 4.69. The highest BCUT2D eigenvalue weighted by Gasteiger charge is 2.29. The maximum Gasteiger partial charge on any atom is 0.149 e. The Hall–Kier alpha value is -2.10. The van der Waals surface area contributed by atoms with Gasteiger partial charge in [0.1, 0.15) is 17.3 Å². The first-order valence-electron chi connectivity index (χ1n) is 9.42. The first-order valence-corrected chi connectivity index (χ1v) is 10.2. The van der Waals surface area contributed by atoms with Crippen LogP contribution in [-0.2, 0) is 0 Å². The van der Waals surface area contributed by atoms with Crippen molar-refractivity contribution in [1.29, 1.82) is 0 Å². The summed E-state index contributed by atoms with van der Waals surface area (Å²) < 4.78 is 0. The largest absolute Gasteiger partial charge is 0.507 e. The zero-order valence-corrected chi connectivity index (χ0v) is 17.0. The van der Waals surface area contributed by atoms with Gasteiger partial charge < -0.3 is 15.3 Å². The fourth-order valence-electron chi connectivity index (χ4n) is 3.75. The van der Waals surface area contributed by atoms with Crippen molar-refractivity contribution in [3.05, 3.63) is 35.4 Å². The van der Waals surface area contributed by atoms with Crippen LogP contribution < -0.4 is 5.32 Å². The summed E-state index contributed by atoms with van der Waals surface area (Å²) in [5, 5.41) is 23.0. The van der Waals surface area contributed by atoms with E-state index >= 15 is 0 Å². The van der Waals surface area contributed by atoms with Gasteiger partial charge in [0.15, 0.2) is 0 Å². The van der Waals surface area contributed by atoms with Crippen molar-refractivity contribution in [2.75, 3.05) is 25.5 Å². The lowest BCUT2D eigenvalue weighted by molar-refractivity contribution is 0.260. The number of benzene rings is 1. The molecule has 0 radical (unpaired) electrons. The van der Waals surface area contributed by atoms with Crippen LogP contribution in [0.4, 0.5) is 5.82 Å². The zero-order chi connectivity index (χ0) is 18.8. The second kappa shape index (κ2) is 7.87. The van der Waals surface area contributed by atoms with E-state index in [9.17, 15) is 5.11 Å². The number of anilines is 1. The maximum absolute atomic E-state index is 10.5. The van der Waals surface area contributed by atoms with Crippen molar-refractivity contribution in [1.82, 2.24) is 15.1 Å². The summed E-state index contributed by atoms with van der Waals surface area (Å²) in [6.45, 7) is 2.18. The van der Waals surface area contributed by atoms with Crippen molar-refractivity contribution in [3.8, 4) is 27.8 Å². The van der Waals surface area contributed by atoms with Gasteiger partial charge in [-0.15, -0.1) is 10.2 Å². The quantitative estimate of drug-likeness (QED) is 0.724. The molecule has 1 aliphatic heterocycles. The maximum atomic E-state index is 10.5. The van der Waals surface area contributed by atoms with Crippen molar-refractivity contribution in [2.24, 2.45) is 0 Å². The molecule has 6 heteroatoms. The van der Waals surface area contributed by atoms with E-state index in [1.807, 2.05) is 12.1 Å². The summed E-state index contributed by atoms with van der Waals surface area (Å²) in [4.78, 5) is 5.02. The number of hydrogen-bond donors (Lipinski definition) is 2. The predicted molar refractivity (Wildman–Crippen MR) is 111 cm³/mol. The van der Waals surface area contributed by atoms with Crippen LogP contribution in [0.25, 0.3) is 11.3 Å². The van der Waals surface area contributed by atoms with E-state index in [1.54, 1.807) is 6.07 Å². The molecular formula is C21H23BrN4O. The molecule has 1 aliphatic carbocycles. The van der Waals surface area contributed by atoms with E-state index in [2.05, 4.69) is 60.2 Å². The standard InChI is InChI=1S/C21H23BrN4O/c1-26-10-2-3-16(13-26)23-20-12-18(15-5-6-15)21(25-24-20)17-7-4-14(8-9-22)11-19(17)27/h4,7,11-12,15-16,27H,2-3,5-6,10,13H2,1H3,(H,23,24)/t16-/m1/s1. The molecule has 0 spiro atoms. The lowest BCUT2D eigenvalue weighted by Gasteiger charge is -2.30. The molecule has 2 fully saturated rings. The second-order valence-corrected chi connectivity index (χ2v) is 7.90. The minimum absolute atomic E-state index is 0.188. The molecule has 2 N–H and O–H groups in total. The molecule has 4 rings (SSSR count). The summed E-state index contributed by atoms with van der Waals surface area (Å²) in [5.74, 6) is 4.42. The van der Waals surface area contributed by atoms with Gasteiger partial charge in [0.25, 0.3) is 0 Å². The van der Waals surface area contributed by atoms with Crippen LogP contribution in [0.3, 0.4) is 0 Å². The van der Waals surface area contributed by atoms with Gasteiger partial charge in [-0.25, -0.2) is 0 Å². The van der Waals surface area contributed by atoms with E-state index in [4.69, 9.17) is 0 Å². The number of likely N-dealkylation sites (N-methyl/N-ethyl adjacent to an activating group) is 1. The molecule has 2 heterocycles. The fraction of sp³-hybridized carbons (Fsp3) is 0.429. The minimum Gasteiger partial charge on any atom is -0.507 e. The number of phenols is 1. The molecule has 27 heavy (non-hydrogen) atoms. The molecule has 0 unspecified atom stereocenters. The fourth-order valence-corrected chi connectivity index (χ4v) is 3.98. The third-order valence-corrected chi connectivity index (χ3v) is 5.46. The van der Waals surface area contributed by atoms with Gasteiger partial charge in [-0.05, 0) is 79.9 Å². The number of nitrogens with zero attached hydrogens (tertiary/aromatic N) is 3. The molecule has 1 atom stereocenters. The molecule has 5 nitrogen and oxygen atoms in total. The zero-order valence-electron chi connectivity index (χ0n) is 15.4. The molecule has 140 valence electrons. The highest BCUT2D eigenvalue weighted by molar-refractivity contribution is 9.12. The Bertz CT molecular complexity index is 901. The number of likely N-dealkylation sites (tertiary alicyclic amines) is 1. The Morgan fingerprint density at radius 3 is 2.78 bits per heavy atom. The Morgan fingerprint density at radius 2 is 2.07 bits per heavy atom. The summed E-state index contributed by atoms with van der Waals surface area (Å²) in [6, 6.07) is 7.98. The smallest absolute Gasteiger partial charge is 0.149 e. The van der Waals surface area contributed by atoms with Gasteiger partial charge in [-0.1, -0.05) is 5.92 Å². The Labute approximate surface area is 168 Å². The van der Waals surface area contributed by atoms with Crippen molar-refractivity contribution < 1.29 is 5.11 Å². The minimum atomic E-state index is 0.188. The van der Waals surface area contributed by atoms with Crippen molar-refractivity contribution >= 4 is 21.7 Å². The van der Waals surface area contributed by atoms with Gasteiger partial charge in [0, 0.05) is 39.6 Å². The van der Waals surface area contributed by atoms with Crippen LogP contribution in [-0.4, -0.2) is 46.4 Å². The molecule has 0 bridgehead atoms. The molecular weight excluding hydrogens is 404 g/mol.